The van der Waals surface area contributed by atoms with Crippen LogP contribution in [-0.2, 0) is 4.79 Å². The molecule has 8 heteroatoms. The second kappa shape index (κ2) is 7.43. The van der Waals surface area contributed by atoms with Crippen molar-refractivity contribution in [1.29, 1.82) is 0 Å². The van der Waals surface area contributed by atoms with Crippen molar-refractivity contribution in [2.75, 3.05) is 17.7 Å². The summed E-state index contributed by atoms with van der Waals surface area (Å²) in [7, 11) is 1.49. The van der Waals surface area contributed by atoms with Gasteiger partial charge in [-0.05, 0) is 40.2 Å². The average Bonchev–Trinajstić information content (AvgIpc) is 2.49. The number of ether oxygens (including phenoxy) is 1. The van der Waals surface area contributed by atoms with Crippen LogP contribution < -0.4 is 15.4 Å². The highest BCUT2D eigenvalue weighted by atomic mass is 79.9. The lowest BCUT2D eigenvalue weighted by molar-refractivity contribution is -0.114. The highest BCUT2D eigenvalue weighted by molar-refractivity contribution is 9.10. The molecule has 0 fully saturated rings. The quantitative estimate of drug-likeness (QED) is 0.769. The molecule has 1 aromatic heterocycles. The summed E-state index contributed by atoms with van der Waals surface area (Å²) in [4.78, 5) is 27.4. The third kappa shape index (κ3) is 4.43. The van der Waals surface area contributed by atoms with Gasteiger partial charge in [0, 0.05) is 23.3 Å². The summed E-state index contributed by atoms with van der Waals surface area (Å²) >= 11 is 9.18. The van der Waals surface area contributed by atoms with Gasteiger partial charge >= 0.3 is 0 Å². The molecule has 120 valence electrons. The molecule has 2 rings (SSSR count). The van der Waals surface area contributed by atoms with Crippen molar-refractivity contribution in [2.45, 2.75) is 6.92 Å². The van der Waals surface area contributed by atoms with Crippen LogP contribution in [0.2, 0.25) is 5.15 Å². The number of benzene rings is 1. The Kier molecular flexibility index (Phi) is 5.57. The third-order valence-corrected chi connectivity index (χ3v) is 3.55. The van der Waals surface area contributed by atoms with Crippen LogP contribution in [0.5, 0.6) is 5.75 Å². The summed E-state index contributed by atoms with van der Waals surface area (Å²) in [6.45, 7) is 1.39. The second-order valence-electron chi connectivity index (χ2n) is 4.54. The van der Waals surface area contributed by atoms with Gasteiger partial charge in [-0.2, -0.15) is 0 Å². The Morgan fingerprint density at radius 2 is 2.00 bits per heavy atom. The van der Waals surface area contributed by atoms with Crippen molar-refractivity contribution in [1.82, 2.24) is 4.98 Å². The molecule has 1 aromatic carbocycles. The zero-order valence-electron chi connectivity index (χ0n) is 12.3. The van der Waals surface area contributed by atoms with Gasteiger partial charge in [-0.1, -0.05) is 11.6 Å². The molecule has 0 saturated carbocycles. The zero-order chi connectivity index (χ0) is 17.0. The minimum Gasteiger partial charge on any atom is -0.495 e. The van der Waals surface area contributed by atoms with Crippen molar-refractivity contribution in [2.24, 2.45) is 0 Å². The lowest BCUT2D eigenvalue weighted by atomic mass is 10.2. The monoisotopic (exact) mass is 397 g/mol. The third-order valence-electron chi connectivity index (χ3n) is 2.82. The van der Waals surface area contributed by atoms with E-state index in [9.17, 15) is 9.59 Å². The fraction of sp³-hybridized carbons (Fsp3) is 0.133. The van der Waals surface area contributed by atoms with Gasteiger partial charge < -0.3 is 15.4 Å². The summed E-state index contributed by atoms with van der Waals surface area (Å²) in [6, 6.07) is 6.46. The van der Waals surface area contributed by atoms with Crippen molar-refractivity contribution < 1.29 is 14.3 Å². The van der Waals surface area contributed by atoms with Gasteiger partial charge in [0.2, 0.25) is 5.91 Å². The van der Waals surface area contributed by atoms with Crippen LogP contribution in [0.4, 0.5) is 11.4 Å². The molecule has 0 aliphatic heterocycles. The maximum atomic E-state index is 12.3. The Balaban J connectivity index is 2.27. The Bertz CT molecular complexity index is 768. The number of hydrogen-bond acceptors (Lipinski definition) is 4. The SMILES string of the molecule is COc1ccc(NC(=O)c2cc(Br)cnc2Cl)cc1NC(C)=O. The summed E-state index contributed by atoms with van der Waals surface area (Å²) in [5, 5.41) is 5.44. The van der Waals surface area contributed by atoms with E-state index in [4.69, 9.17) is 16.3 Å². The highest BCUT2D eigenvalue weighted by Crippen LogP contribution is 2.28. The van der Waals surface area contributed by atoms with E-state index in [1.54, 1.807) is 24.3 Å². The number of amides is 2. The van der Waals surface area contributed by atoms with E-state index in [-0.39, 0.29) is 16.6 Å². The molecule has 0 radical (unpaired) electrons. The number of carbonyl (C=O) groups is 2. The molecule has 2 amide bonds. The lowest BCUT2D eigenvalue weighted by Crippen LogP contribution is -2.14. The first-order valence-electron chi connectivity index (χ1n) is 6.48. The van der Waals surface area contributed by atoms with E-state index in [1.807, 2.05) is 0 Å². The van der Waals surface area contributed by atoms with Crippen molar-refractivity contribution in [3.05, 3.63) is 45.7 Å². The normalized spacial score (nSPS) is 10.1. The first kappa shape index (κ1) is 17.2. The molecule has 6 nitrogen and oxygen atoms in total. The van der Waals surface area contributed by atoms with Crippen LogP contribution in [-0.4, -0.2) is 23.9 Å². The summed E-state index contributed by atoms with van der Waals surface area (Å²) in [5.74, 6) is -0.172. The number of anilines is 2. The molecule has 0 aliphatic carbocycles. The highest BCUT2D eigenvalue weighted by Gasteiger charge is 2.14. The number of carbonyl (C=O) groups excluding carboxylic acids is 2. The van der Waals surface area contributed by atoms with Gasteiger partial charge in [-0.15, -0.1) is 0 Å². The molecule has 0 spiro atoms. The topological polar surface area (TPSA) is 80.3 Å². The molecule has 0 bridgehead atoms. The minimum absolute atomic E-state index is 0.0984. The van der Waals surface area contributed by atoms with Crippen LogP contribution in [0.25, 0.3) is 0 Å². The molecular formula is C15H13BrClN3O3. The molecule has 0 unspecified atom stereocenters. The van der Waals surface area contributed by atoms with Crippen molar-refractivity contribution >= 4 is 50.7 Å². The van der Waals surface area contributed by atoms with E-state index in [1.165, 1.54) is 20.2 Å². The molecule has 0 aliphatic rings. The number of halogens is 2. The van der Waals surface area contributed by atoms with Crippen LogP contribution in [0, 0.1) is 0 Å². The molecule has 2 N–H and O–H groups in total. The number of hydrogen-bond donors (Lipinski definition) is 2. The fourth-order valence-corrected chi connectivity index (χ4v) is 2.37. The first-order valence-corrected chi connectivity index (χ1v) is 7.66. The summed E-state index contributed by atoms with van der Waals surface area (Å²) in [5.41, 5.74) is 1.17. The zero-order valence-corrected chi connectivity index (χ0v) is 14.7. The number of nitrogens with one attached hydrogen (secondary N) is 2. The van der Waals surface area contributed by atoms with E-state index < -0.39 is 5.91 Å². The van der Waals surface area contributed by atoms with Gasteiger partial charge in [-0.25, -0.2) is 4.98 Å². The summed E-state index contributed by atoms with van der Waals surface area (Å²) < 4.78 is 5.80. The van der Waals surface area contributed by atoms with E-state index in [0.717, 1.165) is 0 Å². The summed E-state index contributed by atoms with van der Waals surface area (Å²) in [6.07, 6.45) is 1.50. The number of aromatic nitrogens is 1. The predicted molar refractivity (Wildman–Crippen MR) is 92.2 cm³/mol. The molecule has 0 saturated heterocycles. The molecular weight excluding hydrogens is 386 g/mol. The molecule has 0 atom stereocenters. The maximum Gasteiger partial charge on any atom is 0.258 e. The second-order valence-corrected chi connectivity index (χ2v) is 5.82. The Morgan fingerprint density at radius 1 is 1.26 bits per heavy atom. The van der Waals surface area contributed by atoms with E-state index >= 15 is 0 Å². The van der Waals surface area contributed by atoms with Gasteiger partial charge in [0.05, 0.1) is 18.4 Å². The number of methoxy groups -OCH3 is 1. The van der Waals surface area contributed by atoms with Gasteiger partial charge in [-0.3, -0.25) is 9.59 Å². The van der Waals surface area contributed by atoms with Crippen LogP contribution in [0.15, 0.2) is 34.9 Å². The lowest BCUT2D eigenvalue weighted by Gasteiger charge is -2.12. The maximum absolute atomic E-state index is 12.3. The van der Waals surface area contributed by atoms with Gasteiger partial charge in [0.25, 0.3) is 5.91 Å². The Morgan fingerprint density at radius 3 is 2.65 bits per heavy atom. The molecule has 23 heavy (non-hydrogen) atoms. The Labute approximate surface area is 146 Å². The van der Waals surface area contributed by atoms with Crippen LogP contribution in [0.3, 0.4) is 0 Å². The smallest absolute Gasteiger partial charge is 0.258 e. The van der Waals surface area contributed by atoms with Gasteiger partial charge in [0.1, 0.15) is 10.9 Å². The standard InChI is InChI=1S/C15H13BrClN3O3/c1-8(21)19-12-6-10(3-4-13(12)23-2)20-15(22)11-5-9(16)7-18-14(11)17/h3-7H,1-2H3,(H,19,21)(H,20,22). The van der Waals surface area contributed by atoms with Gasteiger partial charge in [0.15, 0.2) is 0 Å². The first-order chi connectivity index (χ1) is 10.9. The number of nitrogens with zero attached hydrogens (tertiary/aromatic N) is 1. The van der Waals surface area contributed by atoms with E-state index in [0.29, 0.717) is 21.6 Å². The largest absolute Gasteiger partial charge is 0.495 e. The van der Waals surface area contributed by atoms with Crippen molar-refractivity contribution in [3.8, 4) is 5.75 Å². The van der Waals surface area contributed by atoms with E-state index in [2.05, 4.69) is 31.5 Å². The minimum atomic E-state index is -0.414. The van der Waals surface area contributed by atoms with Crippen LogP contribution in [0.1, 0.15) is 17.3 Å². The Hall–Kier alpha value is -2.12. The predicted octanol–water partition coefficient (Wildman–Crippen LogP) is 3.72. The van der Waals surface area contributed by atoms with Crippen LogP contribution >= 0.6 is 27.5 Å². The van der Waals surface area contributed by atoms with Crippen molar-refractivity contribution in [3.63, 3.8) is 0 Å². The molecule has 2 aromatic rings. The number of rotatable bonds is 4. The average molecular weight is 399 g/mol. The fourth-order valence-electron chi connectivity index (χ4n) is 1.85. The molecule has 1 heterocycles. The number of pyridine rings is 1.